The van der Waals surface area contributed by atoms with Crippen LogP contribution in [0.2, 0.25) is 5.02 Å². The molecule has 5 nitrogen and oxygen atoms in total. The van der Waals surface area contributed by atoms with E-state index < -0.39 is 15.9 Å². The van der Waals surface area contributed by atoms with Crippen molar-refractivity contribution >= 4 is 38.9 Å². The first-order chi connectivity index (χ1) is 11.6. The molecule has 0 aliphatic carbocycles. The van der Waals surface area contributed by atoms with E-state index in [1.165, 1.54) is 0 Å². The minimum absolute atomic E-state index is 0.326. The molecule has 0 heterocycles. The van der Waals surface area contributed by atoms with Gasteiger partial charge in [-0.1, -0.05) is 35.4 Å². The second-order valence-corrected chi connectivity index (χ2v) is 8.41. The average Bonchev–Trinajstić information content (AvgIpc) is 2.49. The number of carbonyl (C=O) groups is 1. The molecule has 25 heavy (non-hydrogen) atoms. The SMILES string of the molecule is Cc1ccc(NC(=O)CN(c2cc(Cl)ccc2C)S(C)(=O)=O)c(C)c1. The van der Waals surface area contributed by atoms with E-state index >= 15 is 0 Å². The molecule has 0 aliphatic heterocycles. The van der Waals surface area contributed by atoms with Crippen molar-refractivity contribution in [2.45, 2.75) is 20.8 Å². The summed E-state index contributed by atoms with van der Waals surface area (Å²) in [4.78, 5) is 12.4. The molecule has 134 valence electrons. The zero-order valence-corrected chi connectivity index (χ0v) is 16.2. The maximum Gasteiger partial charge on any atom is 0.245 e. The van der Waals surface area contributed by atoms with Crippen molar-refractivity contribution in [1.29, 1.82) is 0 Å². The number of anilines is 2. The van der Waals surface area contributed by atoms with Gasteiger partial charge < -0.3 is 5.32 Å². The van der Waals surface area contributed by atoms with E-state index in [-0.39, 0.29) is 6.54 Å². The number of nitrogens with zero attached hydrogens (tertiary/aromatic N) is 1. The first-order valence-corrected chi connectivity index (χ1v) is 9.91. The minimum Gasteiger partial charge on any atom is -0.324 e. The Hall–Kier alpha value is -2.05. The van der Waals surface area contributed by atoms with Crippen molar-refractivity contribution < 1.29 is 13.2 Å². The lowest BCUT2D eigenvalue weighted by molar-refractivity contribution is -0.114. The lowest BCUT2D eigenvalue weighted by Crippen LogP contribution is -2.38. The fraction of sp³-hybridized carbons (Fsp3) is 0.278. The van der Waals surface area contributed by atoms with Gasteiger partial charge >= 0.3 is 0 Å². The summed E-state index contributed by atoms with van der Waals surface area (Å²) in [5.74, 6) is -0.420. The van der Waals surface area contributed by atoms with Gasteiger partial charge in [-0.25, -0.2) is 8.42 Å². The van der Waals surface area contributed by atoms with Crippen LogP contribution in [0.15, 0.2) is 36.4 Å². The molecular formula is C18H21ClN2O3S. The fourth-order valence-corrected chi connectivity index (χ4v) is 3.58. The highest BCUT2D eigenvalue weighted by Gasteiger charge is 2.23. The highest BCUT2D eigenvalue weighted by atomic mass is 35.5. The molecule has 0 aromatic heterocycles. The first kappa shape index (κ1) is 19.3. The summed E-state index contributed by atoms with van der Waals surface area (Å²) in [6, 6.07) is 10.6. The number of hydrogen-bond acceptors (Lipinski definition) is 3. The topological polar surface area (TPSA) is 66.5 Å². The third-order valence-corrected chi connectivity index (χ3v) is 5.14. The molecule has 0 radical (unpaired) electrons. The molecule has 1 N–H and O–H groups in total. The Bertz CT molecular complexity index is 911. The highest BCUT2D eigenvalue weighted by Crippen LogP contribution is 2.26. The summed E-state index contributed by atoms with van der Waals surface area (Å²) in [5.41, 5.74) is 3.77. The number of aryl methyl sites for hydroxylation is 3. The summed E-state index contributed by atoms with van der Waals surface area (Å²) < 4.78 is 25.5. The van der Waals surface area contributed by atoms with Crippen LogP contribution in [-0.2, 0) is 14.8 Å². The van der Waals surface area contributed by atoms with Crippen molar-refractivity contribution in [3.8, 4) is 0 Å². The van der Waals surface area contributed by atoms with Gasteiger partial charge in [0.15, 0.2) is 0 Å². The van der Waals surface area contributed by atoms with Gasteiger partial charge in [-0.3, -0.25) is 9.10 Å². The van der Waals surface area contributed by atoms with Gasteiger partial charge in [0.2, 0.25) is 15.9 Å². The molecule has 0 bridgehead atoms. The Kier molecular flexibility index (Phi) is 5.75. The predicted octanol–water partition coefficient (Wildman–Crippen LogP) is 3.67. The molecular weight excluding hydrogens is 360 g/mol. The zero-order chi connectivity index (χ0) is 18.8. The van der Waals surface area contributed by atoms with Crippen LogP contribution in [-0.4, -0.2) is 27.1 Å². The van der Waals surface area contributed by atoms with Crippen molar-refractivity contribution in [3.63, 3.8) is 0 Å². The Balaban J connectivity index is 2.28. The maximum absolute atomic E-state index is 12.4. The summed E-state index contributed by atoms with van der Waals surface area (Å²) in [7, 11) is -3.65. The molecule has 2 aromatic carbocycles. The maximum atomic E-state index is 12.4. The molecule has 0 unspecified atom stereocenters. The molecule has 0 aliphatic rings. The van der Waals surface area contributed by atoms with Gasteiger partial charge in [0.25, 0.3) is 0 Å². The number of benzene rings is 2. The number of amides is 1. The Labute approximate surface area is 153 Å². The van der Waals surface area contributed by atoms with E-state index in [1.54, 1.807) is 31.2 Å². The van der Waals surface area contributed by atoms with Crippen LogP contribution in [0, 0.1) is 20.8 Å². The average molecular weight is 381 g/mol. The van der Waals surface area contributed by atoms with Crippen LogP contribution >= 0.6 is 11.6 Å². The molecule has 0 spiro atoms. The largest absolute Gasteiger partial charge is 0.324 e. The molecule has 0 fully saturated rings. The summed E-state index contributed by atoms with van der Waals surface area (Å²) in [6.07, 6.45) is 1.07. The third kappa shape index (κ3) is 4.96. The Morgan fingerprint density at radius 1 is 1.08 bits per heavy atom. The fourth-order valence-electron chi connectivity index (χ4n) is 2.51. The molecule has 2 aromatic rings. The summed E-state index contributed by atoms with van der Waals surface area (Å²) >= 11 is 5.99. The van der Waals surface area contributed by atoms with E-state index in [1.807, 2.05) is 26.0 Å². The Morgan fingerprint density at radius 3 is 2.36 bits per heavy atom. The quantitative estimate of drug-likeness (QED) is 0.860. The minimum atomic E-state index is -3.65. The Morgan fingerprint density at radius 2 is 1.76 bits per heavy atom. The molecule has 2 rings (SSSR count). The molecule has 7 heteroatoms. The van der Waals surface area contributed by atoms with Crippen molar-refractivity contribution in [3.05, 3.63) is 58.1 Å². The number of halogens is 1. The van der Waals surface area contributed by atoms with E-state index in [4.69, 9.17) is 11.6 Å². The number of carbonyl (C=O) groups excluding carboxylic acids is 1. The van der Waals surface area contributed by atoms with Crippen LogP contribution in [0.3, 0.4) is 0 Å². The lowest BCUT2D eigenvalue weighted by Gasteiger charge is -2.24. The highest BCUT2D eigenvalue weighted by molar-refractivity contribution is 7.92. The number of sulfonamides is 1. The standard InChI is InChI=1S/C18H21ClN2O3S/c1-12-5-8-16(14(3)9-12)20-18(22)11-21(25(4,23)24)17-10-15(19)7-6-13(17)2/h5-10H,11H2,1-4H3,(H,20,22). The third-order valence-electron chi connectivity index (χ3n) is 3.78. The predicted molar refractivity (Wildman–Crippen MR) is 103 cm³/mol. The second kappa shape index (κ2) is 7.45. The molecule has 0 saturated heterocycles. The molecule has 1 amide bonds. The smallest absolute Gasteiger partial charge is 0.245 e. The van der Waals surface area contributed by atoms with Crippen molar-refractivity contribution in [2.75, 3.05) is 22.4 Å². The van der Waals surface area contributed by atoms with Gasteiger partial charge in [0.05, 0.1) is 11.9 Å². The molecule has 0 atom stereocenters. The monoisotopic (exact) mass is 380 g/mol. The van der Waals surface area contributed by atoms with E-state index in [0.717, 1.165) is 21.7 Å². The van der Waals surface area contributed by atoms with Crippen LogP contribution in [0.25, 0.3) is 0 Å². The van der Waals surface area contributed by atoms with Gasteiger partial charge in [0.1, 0.15) is 6.54 Å². The van der Waals surface area contributed by atoms with E-state index in [9.17, 15) is 13.2 Å². The van der Waals surface area contributed by atoms with Gasteiger partial charge in [-0.05, 0) is 50.1 Å². The van der Waals surface area contributed by atoms with Crippen LogP contribution < -0.4 is 9.62 Å². The van der Waals surface area contributed by atoms with Gasteiger partial charge in [0, 0.05) is 10.7 Å². The van der Waals surface area contributed by atoms with E-state index in [2.05, 4.69) is 5.32 Å². The van der Waals surface area contributed by atoms with Crippen LogP contribution in [0.5, 0.6) is 0 Å². The number of nitrogens with one attached hydrogen (secondary N) is 1. The number of rotatable bonds is 5. The second-order valence-electron chi connectivity index (χ2n) is 6.07. The van der Waals surface area contributed by atoms with Crippen LogP contribution in [0.4, 0.5) is 11.4 Å². The normalized spacial score (nSPS) is 11.2. The van der Waals surface area contributed by atoms with Crippen molar-refractivity contribution in [2.24, 2.45) is 0 Å². The van der Waals surface area contributed by atoms with Gasteiger partial charge in [-0.2, -0.15) is 0 Å². The lowest BCUT2D eigenvalue weighted by atomic mass is 10.1. The first-order valence-electron chi connectivity index (χ1n) is 7.69. The summed E-state index contributed by atoms with van der Waals surface area (Å²) in [6.45, 7) is 5.29. The zero-order valence-electron chi connectivity index (χ0n) is 14.6. The molecule has 0 saturated carbocycles. The van der Waals surface area contributed by atoms with Gasteiger partial charge in [-0.15, -0.1) is 0 Å². The number of hydrogen-bond donors (Lipinski definition) is 1. The summed E-state index contributed by atoms with van der Waals surface area (Å²) in [5, 5.41) is 3.17. The van der Waals surface area contributed by atoms with Crippen LogP contribution in [0.1, 0.15) is 16.7 Å². The van der Waals surface area contributed by atoms with Crippen molar-refractivity contribution in [1.82, 2.24) is 0 Å². The van der Waals surface area contributed by atoms with E-state index in [0.29, 0.717) is 22.0 Å².